The summed E-state index contributed by atoms with van der Waals surface area (Å²) in [5.41, 5.74) is 5.90. The average Bonchev–Trinajstić information content (AvgIpc) is 2.47. The molecule has 0 amide bonds. The van der Waals surface area contributed by atoms with Gasteiger partial charge in [-0.1, -0.05) is 19.4 Å². The van der Waals surface area contributed by atoms with Gasteiger partial charge in [0.2, 0.25) is 0 Å². The van der Waals surface area contributed by atoms with Crippen LogP contribution in [-0.4, -0.2) is 23.5 Å². The lowest BCUT2D eigenvalue weighted by Gasteiger charge is -2.47. The number of hydrogen-bond donors (Lipinski definition) is 1. The molecule has 0 saturated carbocycles. The molecule has 20 heavy (non-hydrogen) atoms. The minimum Gasteiger partial charge on any atom is -0.322 e. The molecule has 2 nitrogen and oxygen atoms in total. The fourth-order valence-electron chi connectivity index (χ4n) is 3.16. The number of piperidine rings is 1. The topological polar surface area (TPSA) is 29.3 Å². The van der Waals surface area contributed by atoms with Gasteiger partial charge in [0.1, 0.15) is 11.6 Å². The zero-order valence-electron chi connectivity index (χ0n) is 12.3. The minimum absolute atomic E-state index is 0.0161. The van der Waals surface area contributed by atoms with Gasteiger partial charge in [-0.25, -0.2) is 8.78 Å². The minimum atomic E-state index is -0.660. The Morgan fingerprint density at radius 1 is 1.20 bits per heavy atom. The summed E-state index contributed by atoms with van der Waals surface area (Å²) in [4.78, 5) is 2.30. The van der Waals surface area contributed by atoms with E-state index in [0.29, 0.717) is 0 Å². The smallest absolute Gasteiger partial charge is 0.130 e. The van der Waals surface area contributed by atoms with Gasteiger partial charge in [-0.2, -0.15) is 0 Å². The quantitative estimate of drug-likeness (QED) is 0.914. The van der Waals surface area contributed by atoms with Crippen molar-refractivity contribution in [3.8, 4) is 0 Å². The van der Waals surface area contributed by atoms with Crippen LogP contribution in [0, 0.1) is 11.6 Å². The van der Waals surface area contributed by atoms with Crippen molar-refractivity contribution in [2.45, 2.75) is 51.1 Å². The van der Waals surface area contributed by atoms with Gasteiger partial charge in [0.15, 0.2) is 0 Å². The van der Waals surface area contributed by atoms with E-state index in [-0.39, 0.29) is 5.56 Å². The molecular formula is C16H24F2N2. The van der Waals surface area contributed by atoms with Gasteiger partial charge in [-0.05, 0) is 51.4 Å². The van der Waals surface area contributed by atoms with Crippen molar-refractivity contribution in [2.24, 2.45) is 5.73 Å². The molecule has 1 heterocycles. The molecule has 0 aromatic heterocycles. The van der Waals surface area contributed by atoms with Crippen LogP contribution < -0.4 is 5.73 Å². The number of benzene rings is 1. The Kier molecular flexibility index (Phi) is 4.76. The largest absolute Gasteiger partial charge is 0.322 e. The Bertz CT molecular complexity index is 438. The van der Waals surface area contributed by atoms with Crippen LogP contribution in [0.25, 0.3) is 0 Å². The highest BCUT2D eigenvalue weighted by atomic mass is 19.1. The Morgan fingerprint density at radius 2 is 1.75 bits per heavy atom. The molecule has 1 aliphatic rings. The molecule has 112 valence electrons. The maximum Gasteiger partial charge on any atom is 0.130 e. The number of hydrogen-bond acceptors (Lipinski definition) is 2. The molecule has 0 spiro atoms. The average molecular weight is 282 g/mol. The van der Waals surface area contributed by atoms with Gasteiger partial charge >= 0.3 is 0 Å². The molecule has 0 aliphatic carbocycles. The predicted molar refractivity (Wildman–Crippen MR) is 77.4 cm³/mol. The van der Waals surface area contributed by atoms with E-state index >= 15 is 0 Å². The summed E-state index contributed by atoms with van der Waals surface area (Å²) in [5.74, 6) is -1.09. The monoisotopic (exact) mass is 282 g/mol. The molecule has 1 aromatic rings. The van der Waals surface area contributed by atoms with Crippen molar-refractivity contribution < 1.29 is 8.78 Å². The SMILES string of the molecule is CCC(C)(C(N)c1c(F)cccc1F)N1CCCCC1. The standard InChI is InChI=1S/C16H24F2N2/c1-3-16(2,20-10-5-4-6-11-20)15(19)14-12(17)8-7-9-13(14)18/h7-9,15H,3-6,10-11,19H2,1-2H3. The molecule has 2 rings (SSSR count). The molecule has 1 aliphatic heterocycles. The van der Waals surface area contributed by atoms with Gasteiger partial charge in [-0.15, -0.1) is 0 Å². The van der Waals surface area contributed by atoms with Crippen molar-refractivity contribution in [2.75, 3.05) is 13.1 Å². The van der Waals surface area contributed by atoms with Crippen LogP contribution in [0.4, 0.5) is 8.78 Å². The van der Waals surface area contributed by atoms with E-state index in [1.165, 1.54) is 24.6 Å². The second-order valence-electron chi connectivity index (χ2n) is 5.87. The van der Waals surface area contributed by atoms with E-state index < -0.39 is 23.2 Å². The highest BCUT2D eigenvalue weighted by Crippen LogP contribution is 2.36. The summed E-state index contributed by atoms with van der Waals surface area (Å²) >= 11 is 0. The lowest BCUT2D eigenvalue weighted by atomic mass is 9.82. The van der Waals surface area contributed by atoms with Gasteiger partial charge in [0.05, 0.1) is 6.04 Å². The highest BCUT2D eigenvalue weighted by molar-refractivity contribution is 5.26. The number of likely N-dealkylation sites (tertiary alicyclic amines) is 1. The van der Waals surface area contributed by atoms with Crippen molar-refractivity contribution in [3.63, 3.8) is 0 Å². The lowest BCUT2D eigenvalue weighted by Crippen LogP contribution is -2.55. The normalized spacial score (nSPS) is 21.4. The Hall–Kier alpha value is -1.00. The van der Waals surface area contributed by atoms with E-state index in [1.54, 1.807) is 0 Å². The maximum atomic E-state index is 14.0. The lowest BCUT2D eigenvalue weighted by molar-refractivity contribution is 0.0522. The van der Waals surface area contributed by atoms with Crippen molar-refractivity contribution >= 4 is 0 Å². The van der Waals surface area contributed by atoms with Gasteiger partial charge in [-0.3, -0.25) is 4.90 Å². The Labute approximate surface area is 120 Å². The second kappa shape index (κ2) is 6.19. The zero-order chi connectivity index (χ0) is 14.8. The second-order valence-corrected chi connectivity index (χ2v) is 5.87. The van der Waals surface area contributed by atoms with Gasteiger partial charge in [0.25, 0.3) is 0 Å². The van der Waals surface area contributed by atoms with Crippen molar-refractivity contribution in [3.05, 3.63) is 35.4 Å². The first-order valence-corrected chi connectivity index (χ1v) is 7.45. The van der Waals surface area contributed by atoms with Crippen LogP contribution in [0.3, 0.4) is 0 Å². The summed E-state index contributed by atoms with van der Waals surface area (Å²) in [7, 11) is 0. The van der Waals surface area contributed by atoms with Crippen molar-refractivity contribution in [1.82, 2.24) is 4.90 Å². The van der Waals surface area contributed by atoms with Crippen LogP contribution in [0.1, 0.15) is 51.1 Å². The van der Waals surface area contributed by atoms with Crippen LogP contribution in [-0.2, 0) is 0 Å². The zero-order valence-corrected chi connectivity index (χ0v) is 12.3. The molecule has 4 heteroatoms. The third-order valence-electron chi connectivity index (χ3n) is 4.77. The maximum absolute atomic E-state index is 14.0. The molecule has 2 unspecified atom stereocenters. The summed E-state index contributed by atoms with van der Waals surface area (Å²) < 4.78 is 28.0. The molecule has 1 aromatic carbocycles. The van der Waals surface area contributed by atoms with Gasteiger partial charge in [0, 0.05) is 11.1 Å². The first-order chi connectivity index (χ1) is 9.50. The third-order valence-corrected chi connectivity index (χ3v) is 4.77. The predicted octanol–water partition coefficient (Wildman–Crippen LogP) is 3.62. The molecule has 1 saturated heterocycles. The molecular weight excluding hydrogens is 258 g/mol. The Morgan fingerprint density at radius 3 is 2.25 bits per heavy atom. The van der Waals surface area contributed by atoms with E-state index in [0.717, 1.165) is 32.4 Å². The van der Waals surface area contributed by atoms with E-state index in [9.17, 15) is 8.78 Å². The van der Waals surface area contributed by atoms with Crippen LogP contribution in [0.2, 0.25) is 0 Å². The first-order valence-electron chi connectivity index (χ1n) is 7.45. The summed E-state index contributed by atoms with van der Waals surface area (Å²) in [6.07, 6.45) is 4.24. The molecule has 2 N–H and O–H groups in total. The highest BCUT2D eigenvalue weighted by Gasteiger charge is 2.39. The number of rotatable bonds is 4. The van der Waals surface area contributed by atoms with Crippen LogP contribution in [0.5, 0.6) is 0 Å². The third kappa shape index (κ3) is 2.72. The summed E-state index contributed by atoms with van der Waals surface area (Å²) in [6.45, 7) is 5.96. The fraction of sp³-hybridized carbons (Fsp3) is 0.625. The molecule has 0 radical (unpaired) electrons. The fourth-order valence-corrected chi connectivity index (χ4v) is 3.16. The molecule has 0 bridgehead atoms. The van der Waals surface area contributed by atoms with Crippen LogP contribution >= 0.6 is 0 Å². The van der Waals surface area contributed by atoms with E-state index in [1.807, 2.05) is 13.8 Å². The molecule has 2 atom stereocenters. The summed E-state index contributed by atoms with van der Waals surface area (Å²) in [5, 5.41) is 0. The van der Waals surface area contributed by atoms with E-state index in [2.05, 4.69) is 4.90 Å². The Balaban J connectivity index is 2.34. The van der Waals surface area contributed by atoms with Gasteiger partial charge < -0.3 is 5.73 Å². The molecule has 1 fully saturated rings. The number of nitrogens with two attached hydrogens (primary N) is 1. The first kappa shape index (κ1) is 15.4. The van der Waals surface area contributed by atoms with Crippen molar-refractivity contribution in [1.29, 1.82) is 0 Å². The number of nitrogens with zero attached hydrogens (tertiary/aromatic N) is 1. The van der Waals surface area contributed by atoms with E-state index in [4.69, 9.17) is 5.73 Å². The van der Waals surface area contributed by atoms with Crippen LogP contribution in [0.15, 0.2) is 18.2 Å². The number of halogens is 2. The summed E-state index contributed by atoms with van der Waals surface area (Å²) in [6, 6.07) is 3.28.